The number of nitrogens with two attached hydrogens (primary N) is 1. The number of alkyl halides is 3. The fourth-order valence-corrected chi connectivity index (χ4v) is 6.35. The van der Waals surface area contributed by atoms with Crippen LogP contribution in [0.2, 0.25) is 0 Å². The van der Waals surface area contributed by atoms with E-state index in [1.54, 1.807) is 6.92 Å². The van der Waals surface area contributed by atoms with Gasteiger partial charge in [-0.25, -0.2) is 19.2 Å². The summed E-state index contributed by atoms with van der Waals surface area (Å²) in [6.45, 7) is 4.99. The monoisotopic (exact) mass is 537 g/mol. The molecule has 1 aliphatic rings. The highest BCUT2D eigenvalue weighted by atomic mass is 32.2. The largest absolute Gasteiger partial charge is 0.573 e. The Morgan fingerprint density at radius 2 is 1.97 bits per heavy atom. The molecule has 1 unspecified atom stereocenters. The second-order valence-electron chi connectivity index (χ2n) is 7.98. The molecule has 0 saturated heterocycles. The number of nitrogens with zero attached hydrogens (tertiary/aromatic N) is 2. The summed E-state index contributed by atoms with van der Waals surface area (Å²) in [5.41, 5.74) is 8.28. The summed E-state index contributed by atoms with van der Waals surface area (Å²) in [7, 11) is 0. The molecule has 1 aromatic heterocycles. The number of carboxylic acids is 1. The van der Waals surface area contributed by atoms with Gasteiger partial charge >= 0.3 is 12.3 Å². The third-order valence-corrected chi connectivity index (χ3v) is 7.57. The van der Waals surface area contributed by atoms with Gasteiger partial charge in [0, 0.05) is 22.1 Å². The number of rotatable bonds is 5. The fourth-order valence-electron chi connectivity index (χ4n) is 3.92. The molecule has 0 aliphatic carbocycles. The third-order valence-electron chi connectivity index (χ3n) is 5.27. The number of allylic oxidation sites excluding steroid dienone is 1. The van der Waals surface area contributed by atoms with E-state index in [2.05, 4.69) is 14.7 Å². The minimum absolute atomic E-state index is 0.0571. The average molecular weight is 538 g/mol. The minimum atomic E-state index is -4.82. The molecule has 2 aromatic carbocycles. The first-order valence-electron chi connectivity index (χ1n) is 10.5. The van der Waals surface area contributed by atoms with Crippen LogP contribution in [0.25, 0.3) is 16.8 Å². The zero-order valence-corrected chi connectivity index (χ0v) is 20.7. The molecule has 0 amide bonds. The van der Waals surface area contributed by atoms with Crippen LogP contribution in [0.15, 0.2) is 51.3 Å². The van der Waals surface area contributed by atoms with Gasteiger partial charge in [0.25, 0.3) is 0 Å². The van der Waals surface area contributed by atoms with Gasteiger partial charge in [-0.1, -0.05) is 23.5 Å². The summed E-state index contributed by atoms with van der Waals surface area (Å²) >= 11 is 2.53. The molecule has 3 N–H and O–H groups in total. The van der Waals surface area contributed by atoms with E-state index in [4.69, 9.17) is 5.73 Å². The minimum Gasteiger partial charge on any atom is -0.476 e. The predicted octanol–water partition coefficient (Wildman–Crippen LogP) is 6.87. The van der Waals surface area contributed by atoms with Crippen LogP contribution >= 0.6 is 23.1 Å². The van der Waals surface area contributed by atoms with Gasteiger partial charge in [-0.2, -0.15) is 0 Å². The van der Waals surface area contributed by atoms with E-state index in [1.165, 1.54) is 49.0 Å². The summed E-state index contributed by atoms with van der Waals surface area (Å²) in [6, 6.07) is 7.97. The Morgan fingerprint density at radius 1 is 1.25 bits per heavy atom. The first kappa shape index (κ1) is 25.7. The van der Waals surface area contributed by atoms with Gasteiger partial charge in [0.1, 0.15) is 11.6 Å². The number of carbonyl (C=O) groups is 1. The first-order chi connectivity index (χ1) is 16.8. The Kier molecular flexibility index (Phi) is 6.84. The summed E-state index contributed by atoms with van der Waals surface area (Å²) in [6.07, 6.45) is -4.82. The lowest BCUT2D eigenvalue weighted by molar-refractivity contribution is -0.274. The molecule has 0 radical (unpaired) electrons. The lowest BCUT2D eigenvalue weighted by atomic mass is 9.96. The summed E-state index contributed by atoms with van der Waals surface area (Å²) in [4.78, 5) is 20.9. The molecule has 1 atom stereocenters. The molecular weight excluding hydrogens is 518 g/mol. The Balaban J connectivity index is 1.82. The number of thiazole rings is 1. The van der Waals surface area contributed by atoms with Crippen LogP contribution in [0.1, 0.15) is 35.8 Å². The van der Waals surface area contributed by atoms with Gasteiger partial charge in [-0.15, -0.1) is 24.9 Å². The standard InChI is InChI=1S/C24H19F4N3O3S2/c1-10-7-15(34-24(26,27)28)9-16-12(3)35-22-20(17(10)16)31-23(36-22)30-19(21(32)33)18(11(2)29)13-5-4-6-14(25)8-13/h4-9,12H,29H2,1-3H3,(H,32,33). The highest BCUT2D eigenvalue weighted by Gasteiger charge is 2.34. The van der Waals surface area contributed by atoms with Crippen LogP contribution in [0, 0.1) is 12.7 Å². The number of aryl methyl sites for hydroxylation is 1. The fraction of sp³-hybridized carbons (Fsp3) is 0.208. The van der Waals surface area contributed by atoms with Crippen molar-refractivity contribution in [3.8, 4) is 17.0 Å². The number of hydrogen-bond acceptors (Lipinski definition) is 7. The predicted molar refractivity (Wildman–Crippen MR) is 131 cm³/mol. The van der Waals surface area contributed by atoms with E-state index in [-0.39, 0.29) is 33.0 Å². The summed E-state index contributed by atoms with van der Waals surface area (Å²) in [5, 5.41) is 9.81. The maximum absolute atomic E-state index is 13.8. The van der Waals surface area contributed by atoms with Gasteiger partial charge in [-0.05, 0) is 61.7 Å². The third kappa shape index (κ3) is 5.24. The van der Waals surface area contributed by atoms with Crippen molar-refractivity contribution in [1.29, 1.82) is 0 Å². The van der Waals surface area contributed by atoms with Gasteiger partial charge in [0.2, 0.25) is 5.13 Å². The van der Waals surface area contributed by atoms with Crippen molar-refractivity contribution in [2.45, 2.75) is 36.6 Å². The Hall–Kier alpha value is -3.38. The number of aliphatic imine (C=N–C) groups is 1. The van der Waals surface area contributed by atoms with Crippen molar-refractivity contribution in [2.24, 2.45) is 10.7 Å². The van der Waals surface area contributed by atoms with E-state index in [1.807, 2.05) is 6.92 Å². The molecule has 3 aromatic rings. The second-order valence-corrected chi connectivity index (χ2v) is 10.6. The number of aromatic nitrogens is 1. The first-order valence-corrected chi connectivity index (χ1v) is 12.2. The van der Waals surface area contributed by atoms with Crippen molar-refractivity contribution >= 4 is 45.5 Å². The zero-order valence-electron chi connectivity index (χ0n) is 19.1. The van der Waals surface area contributed by atoms with Gasteiger partial charge in [-0.3, -0.25) is 0 Å². The molecule has 0 saturated carbocycles. The maximum atomic E-state index is 13.8. The maximum Gasteiger partial charge on any atom is 0.573 e. The smallest absolute Gasteiger partial charge is 0.476 e. The van der Waals surface area contributed by atoms with E-state index < -0.39 is 23.9 Å². The molecule has 2 heterocycles. The van der Waals surface area contributed by atoms with Crippen LogP contribution in [0.4, 0.5) is 22.7 Å². The van der Waals surface area contributed by atoms with Crippen LogP contribution < -0.4 is 10.5 Å². The number of benzene rings is 2. The molecule has 0 fully saturated rings. The SMILES string of the molecule is CC(N)=C(C(=Nc1nc2c(s1)SC(C)c1cc(OC(F)(F)F)cc(C)c1-2)C(=O)O)c1cccc(F)c1. The van der Waals surface area contributed by atoms with E-state index in [0.717, 1.165) is 21.6 Å². The van der Waals surface area contributed by atoms with Crippen molar-refractivity contribution < 1.29 is 32.2 Å². The summed E-state index contributed by atoms with van der Waals surface area (Å²) in [5.74, 6) is -2.26. The average Bonchev–Trinajstić information content (AvgIpc) is 3.13. The van der Waals surface area contributed by atoms with Crippen LogP contribution in [-0.4, -0.2) is 28.1 Å². The number of aliphatic carboxylic acids is 1. The van der Waals surface area contributed by atoms with Crippen LogP contribution in [-0.2, 0) is 4.79 Å². The number of thioether (sulfide) groups is 1. The number of ether oxygens (including phenoxy) is 1. The van der Waals surface area contributed by atoms with E-state index in [0.29, 0.717) is 22.4 Å². The second kappa shape index (κ2) is 9.58. The highest BCUT2D eigenvalue weighted by Crippen LogP contribution is 2.54. The Morgan fingerprint density at radius 3 is 2.58 bits per heavy atom. The van der Waals surface area contributed by atoms with Crippen molar-refractivity contribution in [3.05, 3.63) is 64.6 Å². The van der Waals surface area contributed by atoms with Crippen molar-refractivity contribution in [1.82, 2.24) is 4.98 Å². The Labute approximate surface area is 211 Å². The molecule has 4 rings (SSSR count). The summed E-state index contributed by atoms with van der Waals surface area (Å²) < 4.78 is 57.0. The molecule has 0 bridgehead atoms. The molecule has 36 heavy (non-hydrogen) atoms. The molecule has 1 aliphatic heterocycles. The quantitative estimate of drug-likeness (QED) is 0.272. The molecule has 6 nitrogen and oxygen atoms in total. The van der Waals surface area contributed by atoms with Crippen LogP contribution in [0.5, 0.6) is 5.75 Å². The van der Waals surface area contributed by atoms with Gasteiger partial charge in [0.05, 0.1) is 9.90 Å². The lowest BCUT2D eigenvalue weighted by Crippen LogP contribution is -2.18. The van der Waals surface area contributed by atoms with E-state index >= 15 is 0 Å². The number of hydrogen-bond donors (Lipinski definition) is 2. The van der Waals surface area contributed by atoms with E-state index in [9.17, 15) is 27.5 Å². The molecule has 12 heteroatoms. The number of halogens is 4. The number of fused-ring (bicyclic) bond motifs is 3. The number of carboxylic acid groups (broad SMARTS) is 1. The van der Waals surface area contributed by atoms with Crippen molar-refractivity contribution in [2.75, 3.05) is 0 Å². The lowest BCUT2D eigenvalue weighted by Gasteiger charge is -2.24. The van der Waals surface area contributed by atoms with Gasteiger partial charge in [0.15, 0.2) is 5.71 Å². The molecule has 188 valence electrons. The van der Waals surface area contributed by atoms with Crippen LogP contribution in [0.3, 0.4) is 0 Å². The molecular formula is C24H19F4N3O3S2. The van der Waals surface area contributed by atoms with Gasteiger partial charge < -0.3 is 15.6 Å². The topological polar surface area (TPSA) is 97.8 Å². The van der Waals surface area contributed by atoms with Crippen molar-refractivity contribution in [3.63, 3.8) is 0 Å². The normalized spacial score (nSPS) is 16.2. The Bertz CT molecular complexity index is 1430. The molecule has 0 spiro atoms. The zero-order chi connectivity index (χ0) is 26.4. The highest BCUT2D eigenvalue weighted by molar-refractivity contribution is 8.01.